The van der Waals surface area contributed by atoms with E-state index < -0.39 is 0 Å². The van der Waals surface area contributed by atoms with Gasteiger partial charge in [-0.3, -0.25) is 9.69 Å². The Hall–Kier alpha value is -0.450. The van der Waals surface area contributed by atoms with Crippen LogP contribution in [0.3, 0.4) is 0 Å². The molecule has 68 valence electrons. The Morgan fingerprint density at radius 2 is 2.42 bits per heavy atom. The van der Waals surface area contributed by atoms with Crippen molar-refractivity contribution in [3.05, 3.63) is 0 Å². The van der Waals surface area contributed by atoms with E-state index in [1.807, 2.05) is 0 Å². The molecule has 2 N–H and O–H groups in total. The van der Waals surface area contributed by atoms with E-state index in [1.165, 1.54) is 0 Å². The maximum atomic E-state index is 11.4. The van der Waals surface area contributed by atoms with Crippen LogP contribution in [-0.2, 0) is 4.79 Å². The molecule has 0 aromatic rings. The molecule has 2 saturated heterocycles. The lowest BCUT2D eigenvalue weighted by Crippen LogP contribution is -2.45. The Bertz CT molecular complexity index is 207. The van der Waals surface area contributed by atoms with Crippen molar-refractivity contribution in [2.45, 2.75) is 24.6 Å². The monoisotopic (exact) mass is 170 g/mol. The number of ketones is 1. The van der Waals surface area contributed by atoms with Crippen LogP contribution in [0.25, 0.3) is 0 Å². The number of likely N-dealkylation sites (N-methyl/N-ethyl adjacent to an activating group) is 1. The molecule has 4 nitrogen and oxygen atoms in total. The zero-order valence-corrected chi connectivity index (χ0v) is 7.16. The highest BCUT2D eigenvalue weighted by Gasteiger charge is 2.47. The van der Waals surface area contributed by atoms with Crippen LogP contribution in [0.15, 0.2) is 0 Å². The Balaban J connectivity index is 2.18. The predicted octanol–water partition coefficient (Wildman–Crippen LogP) is -1.41. The lowest BCUT2D eigenvalue weighted by atomic mass is 10.0. The van der Waals surface area contributed by atoms with Gasteiger partial charge in [0.25, 0.3) is 0 Å². The van der Waals surface area contributed by atoms with Gasteiger partial charge in [-0.1, -0.05) is 0 Å². The standard InChI is InChI=1S/C8H14N2O2/c1-9-7-6(12)4-10-3-2-5(11)8(7)10/h6-9,12H,2-4H2,1H3/t6?,7-,8?/m0/s1. The first-order valence-electron chi connectivity index (χ1n) is 4.36. The van der Waals surface area contributed by atoms with Gasteiger partial charge in [0.15, 0.2) is 5.78 Å². The van der Waals surface area contributed by atoms with E-state index in [-0.39, 0.29) is 24.0 Å². The van der Waals surface area contributed by atoms with Gasteiger partial charge in [0.2, 0.25) is 0 Å². The topological polar surface area (TPSA) is 52.6 Å². The van der Waals surface area contributed by atoms with Crippen molar-refractivity contribution in [2.24, 2.45) is 0 Å². The maximum absolute atomic E-state index is 11.4. The van der Waals surface area contributed by atoms with Crippen molar-refractivity contribution in [3.8, 4) is 0 Å². The van der Waals surface area contributed by atoms with Crippen LogP contribution >= 0.6 is 0 Å². The van der Waals surface area contributed by atoms with Crippen molar-refractivity contribution in [1.82, 2.24) is 10.2 Å². The number of fused-ring (bicyclic) bond motifs is 1. The van der Waals surface area contributed by atoms with Crippen molar-refractivity contribution in [1.29, 1.82) is 0 Å². The molecule has 2 fully saturated rings. The number of aliphatic hydroxyl groups excluding tert-OH is 1. The zero-order valence-electron chi connectivity index (χ0n) is 7.16. The number of nitrogens with zero attached hydrogens (tertiary/aromatic N) is 1. The molecule has 3 atom stereocenters. The van der Waals surface area contributed by atoms with E-state index in [1.54, 1.807) is 7.05 Å². The van der Waals surface area contributed by atoms with Gasteiger partial charge >= 0.3 is 0 Å². The number of aliphatic hydroxyl groups is 1. The number of hydrogen-bond acceptors (Lipinski definition) is 4. The second-order valence-electron chi connectivity index (χ2n) is 3.54. The smallest absolute Gasteiger partial charge is 0.152 e. The summed E-state index contributed by atoms with van der Waals surface area (Å²) in [6, 6.07) is -0.120. The van der Waals surface area contributed by atoms with E-state index in [2.05, 4.69) is 10.2 Å². The third-order valence-electron chi connectivity index (χ3n) is 2.88. The third-order valence-corrected chi connectivity index (χ3v) is 2.88. The fraction of sp³-hybridized carbons (Fsp3) is 0.875. The summed E-state index contributed by atoms with van der Waals surface area (Å²) in [6.45, 7) is 1.46. The van der Waals surface area contributed by atoms with E-state index in [0.717, 1.165) is 6.54 Å². The van der Waals surface area contributed by atoms with Crippen molar-refractivity contribution < 1.29 is 9.90 Å². The van der Waals surface area contributed by atoms with E-state index in [0.29, 0.717) is 13.0 Å². The number of rotatable bonds is 1. The number of carbonyl (C=O) groups excluding carboxylic acids is 1. The van der Waals surface area contributed by atoms with Gasteiger partial charge in [-0.2, -0.15) is 0 Å². The van der Waals surface area contributed by atoms with Crippen LogP contribution in [0.5, 0.6) is 0 Å². The van der Waals surface area contributed by atoms with Gasteiger partial charge in [-0.25, -0.2) is 0 Å². The SMILES string of the molecule is CN[C@H]1C(O)CN2CCC(=O)C12. The van der Waals surface area contributed by atoms with Gasteiger partial charge in [0.1, 0.15) is 0 Å². The summed E-state index contributed by atoms with van der Waals surface area (Å²) in [5.74, 6) is 0.269. The Labute approximate surface area is 71.5 Å². The molecule has 0 aliphatic carbocycles. The van der Waals surface area contributed by atoms with Gasteiger partial charge in [-0.15, -0.1) is 0 Å². The summed E-state index contributed by atoms with van der Waals surface area (Å²) in [4.78, 5) is 13.4. The molecule has 0 amide bonds. The molecule has 0 radical (unpaired) electrons. The second kappa shape index (κ2) is 2.80. The number of carbonyl (C=O) groups is 1. The average molecular weight is 170 g/mol. The molecular formula is C8H14N2O2. The van der Waals surface area contributed by atoms with E-state index in [4.69, 9.17) is 0 Å². The van der Waals surface area contributed by atoms with Gasteiger partial charge < -0.3 is 10.4 Å². The highest BCUT2D eigenvalue weighted by molar-refractivity contribution is 5.87. The quantitative estimate of drug-likeness (QED) is 0.508. The molecule has 2 aliphatic heterocycles. The molecule has 0 bridgehead atoms. The summed E-state index contributed by atoms with van der Waals surface area (Å²) in [6.07, 6.45) is 0.263. The van der Waals surface area contributed by atoms with Crippen LogP contribution in [-0.4, -0.2) is 54.1 Å². The van der Waals surface area contributed by atoms with Crippen LogP contribution in [0.4, 0.5) is 0 Å². The molecular weight excluding hydrogens is 156 g/mol. The first kappa shape index (κ1) is 8.16. The number of Topliss-reactive ketones (excluding diaryl/α,β-unsaturated/α-hetero) is 1. The lowest BCUT2D eigenvalue weighted by Gasteiger charge is -2.18. The van der Waals surface area contributed by atoms with Crippen molar-refractivity contribution in [2.75, 3.05) is 20.1 Å². The first-order valence-corrected chi connectivity index (χ1v) is 4.36. The molecule has 0 spiro atoms. The van der Waals surface area contributed by atoms with Crippen molar-refractivity contribution >= 4 is 5.78 Å². The first-order chi connectivity index (χ1) is 5.74. The molecule has 0 aromatic carbocycles. The average Bonchev–Trinajstić information content (AvgIpc) is 2.52. The fourth-order valence-electron chi connectivity index (χ4n) is 2.29. The van der Waals surface area contributed by atoms with Crippen LogP contribution in [0.2, 0.25) is 0 Å². The van der Waals surface area contributed by atoms with Gasteiger partial charge in [-0.05, 0) is 7.05 Å². The van der Waals surface area contributed by atoms with Gasteiger partial charge in [0, 0.05) is 19.5 Å². The second-order valence-corrected chi connectivity index (χ2v) is 3.54. The van der Waals surface area contributed by atoms with Crippen LogP contribution in [0.1, 0.15) is 6.42 Å². The van der Waals surface area contributed by atoms with E-state index in [9.17, 15) is 9.90 Å². The number of nitrogens with one attached hydrogen (secondary N) is 1. The zero-order chi connectivity index (χ0) is 8.72. The predicted molar refractivity (Wildman–Crippen MR) is 43.8 cm³/mol. The molecule has 12 heavy (non-hydrogen) atoms. The Kier molecular flexibility index (Phi) is 1.90. The molecule has 0 saturated carbocycles. The largest absolute Gasteiger partial charge is 0.390 e. The molecule has 2 unspecified atom stereocenters. The molecule has 2 aliphatic rings. The molecule has 4 heteroatoms. The highest BCUT2D eigenvalue weighted by Crippen LogP contribution is 2.25. The molecule has 2 heterocycles. The van der Waals surface area contributed by atoms with Gasteiger partial charge in [0.05, 0.1) is 18.2 Å². The summed E-state index contributed by atoms with van der Waals surface area (Å²) >= 11 is 0. The molecule has 0 aromatic heterocycles. The fourth-order valence-corrected chi connectivity index (χ4v) is 2.29. The van der Waals surface area contributed by atoms with Crippen molar-refractivity contribution in [3.63, 3.8) is 0 Å². The minimum atomic E-state index is -0.385. The summed E-state index contributed by atoms with van der Waals surface area (Å²) in [5, 5.41) is 12.6. The Morgan fingerprint density at radius 1 is 1.67 bits per heavy atom. The number of hydrogen-bond donors (Lipinski definition) is 2. The highest BCUT2D eigenvalue weighted by atomic mass is 16.3. The summed E-state index contributed by atoms with van der Waals surface area (Å²) < 4.78 is 0. The minimum absolute atomic E-state index is 0.0556. The lowest BCUT2D eigenvalue weighted by molar-refractivity contribution is -0.120. The maximum Gasteiger partial charge on any atom is 0.152 e. The van der Waals surface area contributed by atoms with Crippen LogP contribution < -0.4 is 5.32 Å². The molecule has 2 rings (SSSR count). The summed E-state index contributed by atoms with van der Waals surface area (Å²) in [5.41, 5.74) is 0. The van der Waals surface area contributed by atoms with E-state index >= 15 is 0 Å². The normalized spacial score (nSPS) is 42.2. The Morgan fingerprint density at radius 3 is 3.08 bits per heavy atom. The summed E-state index contributed by atoms with van der Waals surface area (Å²) in [7, 11) is 1.79. The third kappa shape index (κ3) is 0.990. The minimum Gasteiger partial charge on any atom is -0.390 e. The van der Waals surface area contributed by atoms with Crippen LogP contribution in [0, 0.1) is 0 Å².